The third kappa shape index (κ3) is 7.02. The molecule has 0 aliphatic heterocycles. The Morgan fingerprint density at radius 2 is 1.82 bits per heavy atom. The molecule has 2 aromatic carbocycles. The van der Waals surface area contributed by atoms with Crippen LogP contribution in [0, 0.1) is 0 Å². The van der Waals surface area contributed by atoms with E-state index in [4.69, 9.17) is 14.2 Å². The quantitative estimate of drug-likeness (QED) is 0.517. The van der Waals surface area contributed by atoms with E-state index in [0.717, 1.165) is 12.2 Å². The summed E-state index contributed by atoms with van der Waals surface area (Å²) in [6, 6.07) is 12.8. The molecule has 28 heavy (non-hydrogen) atoms. The fourth-order valence-electron chi connectivity index (χ4n) is 2.72. The van der Waals surface area contributed by atoms with E-state index in [1.54, 1.807) is 32.4 Å². The number of carbonyl (C=O) groups excluding carboxylic acids is 1. The molecule has 1 amide bonds. The number of anilines is 2. The monoisotopic (exact) mass is 386 g/mol. The standard InChI is InChI=1S/C22H30N2O4/c1-4-5-6-7-13-28-19-10-8-9-17(14-19)24-22(25)16-23-20-15-18(26-2)11-12-21(20)27-3/h8-12,14-15,23H,4-7,13,16H2,1-3H3,(H,24,25). The van der Waals surface area contributed by atoms with Crippen LogP contribution in [0.1, 0.15) is 32.6 Å². The number of rotatable bonds is 12. The average molecular weight is 386 g/mol. The second-order valence-corrected chi connectivity index (χ2v) is 6.40. The third-order valence-electron chi connectivity index (χ3n) is 4.23. The maximum atomic E-state index is 12.3. The molecule has 6 heteroatoms. The van der Waals surface area contributed by atoms with Gasteiger partial charge < -0.3 is 24.8 Å². The van der Waals surface area contributed by atoms with E-state index in [1.807, 2.05) is 24.3 Å². The highest BCUT2D eigenvalue weighted by atomic mass is 16.5. The number of nitrogens with one attached hydrogen (secondary N) is 2. The number of ether oxygens (including phenoxy) is 3. The summed E-state index contributed by atoms with van der Waals surface area (Å²) in [6.45, 7) is 2.98. The molecule has 2 rings (SSSR count). The molecule has 2 aromatic rings. The van der Waals surface area contributed by atoms with Gasteiger partial charge in [0.2, 0.25) is 5.91 Å². The number of amides is 1. The number of hydrogen-bond donors (Lipinski definition) is 2. The minimum atomic E-state index is -0.162. The number of methoxy groups -OCH3 is 2. The van der Waals surface area contributed by atoms with Gasteiger partial charge in [-0.3, -0.25) is 4.79 Å². The van der Waals surface area contributed by atoms with Crippen molar-refractivity contribution < 1.29 is 19.0 Å². The molecule has 6 nitrogen and oxygen atoms in total. The molecule has 0 aromatic heterocycles. The van der Waals surface area contributed by atoms with Crippen LogP contribution in [-0.2, 0) is 4.79 Å². The Bertz CT molecular complexity index is 749. The predicted octanol–water partition coefficient (Wildman–Crippen LogP) is 4.71. The molecule has 0 radical (unpaired) electrons. The van der Waals surface area contributed by atoms with Gasteiger partial charge in [-0.2, -0.15) is 0 Å². The molecular weight excluding hydrogens is 356 g/mol. The molecule has 0 unspecified atom stereocenters. The molecule has 0 bridgehead atoms. The molecule has 0 aliphatic carbocycles. The fourth-order valence-corrected chi connectivity index (χ4v) is 2.72. The van der Waals surface area contributed by atoms with Crippen molar-refractivity contribution in [3.8, 4) is 17.2 Å². The summed E-state index contributed by atoms with van der Waals surface area (Å²) < 4.78 is 16.3. The van der Waals surface area contributed by atoms with E-state index in [2.05, 4.69) is 17.6 Å². The van der Waals surface area contributed by atoms with E-state index < -0.39 is 0 Å². The van der Waals surface area contributed by atoms with Gasteiger partial charge in [-0.15, -0.1) is 0 Å². The van der Waals surface area contributed by atoms with Crippen molar-refractivity contribution in [2.24, 2.45) is 0 Å². The molecule has 2 N–H and O–H groups in total. The first kappa shape index (κ1) is 21.4. The first-order chi connectivity index (χ1) is 13.7. The van der Waals surface area contributed by atoms with Gasteiger partial charge in [-0.1, -0.05) is 32.3 Å². The van der Waals surface area contributed by atoms with E-state index in [-0.39, 0.29) is 12.5 Å². The van der Waals surface area contributed by atoms with Crippen molar-refractivity contribution in [2.75, 3.05) is 38.0 Å². The first-order valence-electron chi connectivity index (χ1n) is 9.65. The van der Waals surface area contributed by atoms with E-state index in [1.165, 1.54) is 19.3 Å². The van der Waals surface area contributed by atoms with Crippen LogP contribution in [0.4, 0.5) is 11.4 Å². The minimum absolute atomic E-state index is 0.103. The molecule has 0 saturated heterocycles. The smallest absolute Gasteiger partial charge is 0.243 e. The van der Waals surface area contributed by atoms with Gasteiger partial charge in [-0.25, -0.2) is 0 Å². The van der Waals surface area contributed by atoms with Crippen LogP contribution < -0.4 is 24.8 Å². The summed E-state index contributed by atoms with van der Waals surface area (Å²) in [6.07, 6.45) is 4.64. The lowest BCUT2D eigenvalue weighted by Gasteiger charge is -2.13. The molecule has 0 aliphatic rings. The summed E-state index contributed by atoms with van der Waals surface area (Å²) in [7, 11) is 3.18. The summed E-state index contributed by atoms with van der Waals surface area (Å²) in [5.74, 6) is 1.93. The van der Waals surface area contributed by atoms with Crippen LogP contribution in [0.25, 0.3) is 0 Å². The molecule has 152 valence electrons. The maximum Gasteiger partial charge on any atom is 0.243 e. The van der Waals surface area contributed by atoms with Crippen LogP contribution in [0.5, 0.6) is 17.2 Å². The summed E-state index contributed by atoms with van der Waals surface area (Å²) >= 11 is 0. The summed E-state index contributed by atoms with van der Waals surface area (Å²) in [5.41, 5.74) is 1.40. The van der Waals surface area contributed by atoms with Crippen LogP contribution in [0.3, 0.4) is 0 Å². The van der Waals surface area contributed by atoms with Crippen LogP contribution in [-0.4, -0.2) is 33.3 Å². The normalized spacial score (nSPS) is 10.2. The third-order valence-corrected chi connectivity index (χ3v) is 4.23. The Balaban J connectivity index is 1.85. The molecular formula is C22H30N2O4. The highest BCUT2D eigenvalue weighted by molar-refractivity contribution is 5.94. The Hall–Kier alpha value is -2.89. The number of hydrogen-bond acceptors (Lipinski definition) is 5. The zero-order valence-corrected chi connectivity index (χ0v) is 16.9. The first-order valence-corrected chi connectivity index (χ1v) is 9.65. The van der Waals surface area contributed by atoms with Gasteiger partial charge in [0.15, 0.2) is 0 Å². The van der Waals surface area contributed by atoms with E-state index in [9.17, 15) is 4.79 Å². The Morgan fingerprint density at radius 3 is 2.57 bits per heavy atom. The minimum Gasteiger partial charge on any atom is -0.497 e. The van der Waals surface area contributed by atoms with Crippen LogP contribution >= 0.6 is 0 Å². The van der Waals surface area contributed by atoms with Crippen LogP contribution in [0.2, 0.25) is 0 Å². The maximum absolute atomic E-state index is 12.3. The Kier molecular flexibility index (Phi) is 8.98. The van der Waals surface area contributed by atoms with Crippen molar-refractivity contribution in [3.05, 3.63) is 42.5 Å². The summed E-state index contributed by atoms with van der Waals surface area (Å²) in [5, 5.41) is 5.95. The van der Waals surface area contributed by atoms with Crippen molar-refractivity contribution in [3.63, 3.8) is 0 Å². The second kappa shape index (κ2) is 11.7. The predicted molar refractivity (Wildman–Crippen MR) is 113 cm³/mol. The van der Waals surface area contributed by atoms with Crippen molar-refractivity contribution >= 4 is 17.3 Å². The molecule has 0 fully saturated rings. The molecule has 0 atom stereocenters. The fraction of sp³-hybridized carbons (Fsp3) is 0.409. The number of unbranched alkanes of at least 4 members (excludes halogenated alkanes) is 3. The van der Waals surface area contributed by atoms with Gasteiger partial charge in [0.25, 0.3) is 0 Å². The largest absolute Gasteiger partial charge is 0.497 e. The lowest BCUT2D eigenvalue weighted by atomic mass is 10.2. The Labute approximate surface area is 167 Å². The average Bonchev–Trinajstić information content (AvgIpc) is 2.72. The number of benzene rings is 2. The lowest BCUT2D eigenvalue weighted by molar-refractivity contribution is -0.114. The molecule has 0 spiro atoms. The SMILES string of the molecule is CCCCCCOc1cccc(NC(=O)CNc2cc(OC)ccc2OC)c1. The van der Waals surface area contributed by atoms with Gasteiger partial charge in [0, 0.05) is 17.8 Å². The number of carbonyl (C=O) groups is 1. The zero-order valence-electron chi connectivity index (χ0n) is 16.9. The molecule has 0 heterocycles. The topological polar surface area (TPSA) is 68.8 Å². The van der Waals surface area contributed by atoms with Gasteiger partial charge in [0.1, 0.15) is 17.2 Å². The van der Waals surface area contributed by atoms with Crippen molar-refractivity contribution in [1.29, 1.82) is 0 Å². The lowest BCUT2D eigenvalue weighted by Crippen LogP contribution is -2.22. The molecule has 0 saturated carbocycles. The summed E-state index contributed by atoms with van der Waals surface area (Å²) in [4.78, 5) is 12.3. The van der Waals surface area contributed by atoms with Gasteiger partial charge in [-0.05, 0) is 30.7 Å². The van der Waals surface area contributed by atoms with Gasteiger partial charge >= 0.3 is 0 Å². The van der Waals surface area contributed by atoms with Crippen LogP contribution in [0.15, 0.2) is 42.5 Å². The Morgan fingerprint density at radius 1 is 0.964 bits per heavy atom. The second-order valence-electron chi connectivity index (χ2n) is 6.40. The highest BCUT2D eigenvalue weighted by Crippen LogP contribution is 2.28. The van der Waals surface area contributed by atoms with E-state index in [0.29, 0.717) is 29.5 Å². The van der Waals surface area contributed by atoms with E-state index >= 15 is 0 Å². The van der Waals surface area contributed by atoms with Gasteiger partial charge in [0.05, 0.1) is 33.1 Å². The van der Waals surface area contributed by atoms with Crippen molar-refractivity contribution in [2.45, 2.75) is 32.6 Å². The zero-order chi connectivity index (χ0) is 20.2. The highest BCUT2D eigenvalue weighted by Gasteiger charge is 2.08. The van der Waals surface area contributed by atoms with Crippen molar-refractivity contribution in [1.82, 2.24) is 0 Å².